The van der Waals surface area contributed by atoms with Gasteiger partial charge in [-0.2, -0.15) is 0 Å². The Morgan fingerprint density at radius 2 is 2.10 bits per heavy atom. The predicted molar refractivity (Wildman–Crippen MR) is 75.8 cm³/mol. The van der Waals surface area contributed by atoms with Gasteiger partial charge in [-0.1, -0.05) is 0 Å². The lowest BCUT2D eigenvalue weighted by Crippen LogP contribution is -2.06. The zero-order valence-corrected chi connectivity index (χ0v) is 11.1. The normalized spacial score (nSPS) is 18.5. The van der Waals surface area contributed by atoms with Crippen LogP contribution < -0.4 is 0 Å². The van der Waals surface area contributed by atoms with Crippen molar-refractivity contribution in [2.24, 2.45) is 0 Å². The Balaban J connectivity index is 0.000000544. The van der Waals surface area contributed by atoms with E-state index in [4.69, 9.17) is 18.8 Å². The minimum absolute atomic E-state index is 0. The number of imidazole rings is 2. The summed E-state index contributed by atoms with van der Waals surface area (Å²) in [6.45, 7) is -6.27. The Morgan fingerprint density at radius 1 is 1.45 bits per heavy atom. The smallest absolute Gasteiger partial charge is 0.358 e. The van der Waals surface area contributed by atoms with Crippen molar-refractivity contribution in [2.75, 3.05) is 6.61 Å². The molecule has 0 aliphatic heterocycles. The number of halogens is 1. The third kappa shape index (κ3) is 5.02. The molecule has 0 saturated carbocycles. The number of aliphatic hydroxyl groups is 1. The van der Waals surface area contributed by atoms with Crippen molar-refractivity contribution in [2.45, 2.75) is 27.2 Å². The lowest BCUT2D eigenvalue weighted by Gasteiger charge is -1.97. The highest BCUT2D eigenvalue weighted by atomic mass is 35.5. The number of aromatic nitrogens is 4. The highest BCUT2D eigenvalue weighted by molar-refractivity contribution is 5.88. The van der Waals surface area contributed by atoms with Gasteiger partial charge in [0.05, 0.1) is 34.2 Å². The Bertz CT molecular complexity index is 825. The first kappa shape index (κ1) is 7.24. The van der Waals surface area contributed by atoms with Gasteiger partial charge in [-0.05, 0) is 20.6 Å². The van der Waals surface area contributed by atoms with E-state index in [1.807, 2.05) is 0 Å². The standard InChI is InChI=1S/C7H10N2O2.C5H8N2O.ClH/c1-3-11-7(10)6-5(2)8-4-9-6;1-4-5(2-8)7-3-6-4;/h4H,3H2,1-2H3,(H,8,9);3,8H,2H2,1H3,(H,6,7);1H/i2D3,4D;1D3,2D2,3D;. The van der Waals surface area contributed by atoms with Crippen molar-refractivity contribution in [3.63, 3.8) is 0 Å². The van der Waals surface area contributed by atoms with E-state index in [-0.39, 0.29) is 36.7 Å². The molecular weight excluding hydrogens is 284 g/mol. The average molecular weight is 313 g/mol. The molecule has 0 fully saturated rings. The molecule has 0 spiro atoms. The first-order chi connectivity index (χ1) is 13.0. The molecule has 0 atom stereocenters. The van der Waals surface area contributed by atoms with Crippen LogP contribution in [0.3, 0.4) is 0 Å². The Kier molecular flexibility index (Phi) is 3.30. The Hall–Kier alpha value is -1.86. The molecule has 2 aromatic heterocycles. The lowest BCUT2D eigenvalue weighted by atomic mass is 10.3. The number of carbonyl (C=O) groups excluding carboxylic acids is 1. The molecule has 0 aliphatic rings. The minimum atomic E-state index is -2.86. The van der Waals surface area contributed by atoms with Crippen LogP contribution >= 0.6 is 12.4 Å². The van der Waals surface area contributed by atoms with E-state index in [0.29, 0.717) is 0 Å². The maximum absolute atomic E-state index is 11.3. The molecule has 20 heavy (non-hydrogen) atoms. The number of esters is 1. The second-order valence-electron chi connectivity index (χ2n) is 2.98. The van der Waals surface area contributed by atoms with Crippen molar-refractivity contribution in [1.82, 2.24) is 19.9 Å². The van der Waals surface area contributed by atoms with Crippen molar-refractivity contribution in [3.8, 4) is 0 Å². The van der Waals surface area contributed by atoms with Crippen LogP contribution in [0.2, 0.25) is 0 Å². The van der Waals surface area contributed by atoms with Gasteiger partial charge in [0.1, 0.15) is 2.74 Å². The van der Waals surface area contributed by atoms with Gasteiger partial charge < -0.3 is 19.8 Å². The van der Waals surface area contributed by atoms with Crippen molar-refractivity contribution < 1.29 is 28.3 Å². The van der Waals surface area contributed by atoms with Crippen LogP contribution in [0, 0.1) is 13.7 Å². The van der Waals surface area contributed by atoms with E-state index in [1.165, 1.54) is 0 Å². The van der Waals surface area contributed by atoms with Crippen LogP contribution in [0.1, 0.15) is 48.2 Å². The topological polar surface area (TPSA) is 104 Å². The summed E-state index contributed by atoms with van der Waals surface area (Å²) in [5.41, 5.74) is -1.91. The number of carbonyl (C=O) groups is 1. The molecule has 0 amide bonds. The van der Waals surface area contributed by atoms with Gasteiger partial charge in [-0.3, -0.25) is 0 Å². The third-order valence-electron chi connectivity index (χ3n) is 1.75. The summed E-state index contributed by atoms with van der Waals surface area (Å²) in [6, 6.07) is 0. The number of ether oxygens (including phenoxy) is 1. The summed E-state index contributed by atoms with van der Waals surface area (Å²) in [5.74, 6) is -0.835. The number of H-pyrrole nitrogens is 2. The molecule has 0 aromatic carbocycles. The van der Waals surface area contributed by atoms with Crippen molar-refractivity contribution >= 4 is 18.4 Å². The molecule has 0 radical (unpaired) electrons. The summed E-state index contributed by atoms with van der Waals surface area (Å²) >= 11 is 0. The summed E-state index contributed by atoms with van der Waals surface area (Å²) in [7, 11) is 0. The molecule has 0 bridgehead atoms. The van der Waals surface area contributed by atoms with Crippen LogP contribution in [0.5, 0.6) is 0 Å². The van der Waals surface area contributed by atoms with Crippen LogP contribution in [0.25, 0.3) is 0 Å². The van der Waals surface area contributed by atoms with Gasteiger partial charge in [0.15, 0.2) is 5.69 Å². The maximum Gasteiger partial charge on any atom is 0.358 e. The van der Waals surface area contributed by atoms with Gasteiger partial charge in [0.2, 0.25) is 0 Å². The number of rotatable bonds is 3. The molecule has 8 heteroatoms. The summed E-state index contributed by atoms with van der Waals surface area (Å²) < 4.78 is 75.0. The SMILES string of the molecule is Cl.[2H]c1nc(C(=O)OCC)c(C([2H])([2H])[2H])[nH]1.[2H]c1nc(C([2H])([2H])O)c(C([2H])([2H])[2H])[nH]1. The zero-order chi connectivity index (χ0) is 22.8. The van der Waals surface area contributed by atoms with E-state index in [2.05, 4.69) is 24.7 Å². The summed E-state index contributed by atoms with van der Waals surface area (Å²) in [5, 5.41) is 8.96. The van der Waals surface area contributed by atoms with E-state index < -0.39 is 43.9 Å². The Morgan fingerprint density at radius 3 is 2.65 bits per heavy atom. The highest BCUT2D eigenvalue weighted by Crippen LogP contribution is 2.01. The Labute approximate surface area is 137 Å². The number of aromatic amines is 2. The minimum Gasteiger partial charge on any atom is -0.461 e. The fraction of sp³-hybridized carbons (Fsp3) is 0.417. The number of nitrogens with one attached hydrogen (secondary N) is 2. The van der Waals surface area contributed by atoms with Crippen molar-refractivity contribution in [3.05, 3.63) is 35.4 Å². The molecule has 0 aliphatic carbocycles. The van der Waals surface area contributed by atoms with Gasteiger partial charge in [-0.25, -0.2) is 14.8 Å². The van der Waals surface area contributed by atoms with Crippen molar-refractivity contribution in [1.29, 1.82) is 0 Å². The highest BCUT2D eigenvalue weighted by Gasteiger charge is 2.11. The molecule has 0 saturated heterocycles. The molecule has 2 aromatic rings. The second-order valence-corrected chi connectivity index (χ2v) is 2.98. The van der Waals surface area contributed by atoms with Gasteiger partial charge in [0.25, 0.3) is 0 Å². The number of hydrogen-bond acceptors (Lipinski definition) is 5. The van der Waals surface area contributed by atoms with Crippen LogP contribution in [0.4, 0.5) is 0 Å². The van der Waals surface area contributed by atoms with E-state index in [1.54, 1.807) is 6.92 Å². The molecule has 7 nitrogen and oxygen atoms in total. The lowest BCUT2D eigenvalue weighted by molar-refractivity contribution is 0.0519. The van der Waals surface area contributed by atoms with Gasteiger partial charge in [0, 0.05) is 19.6 Å². The molecule has 2 heterocycles. The van der Waals surface area contributed by atoms with Crippen LogP contribution in [-0.4, -0.2) is 37.6 Å². The third-order valence-corrected chi connectivity index (χ3v) is 1.75. The number of nitrogens with zero attached hydrogens (tertiary/aromatic N) is 2. The molecule has 0 unspecified atom stereocenters. The molecule has 3 N–H and O–H groups in total. The number of aryl methyl sites for hydroxylation is 2. The molecule has 112 valence electrons. The fourth-order valence-electron chi connectivity index (χ4n) is 0.938. The fourth-order valence-corrected chi connectivity index (χ4v) is 0.938. The molecule has 2 rings (SSSR count). The van der Waals surface area contributed by atoms with E-state index >= 15 is 0 Å². The number of hydrogen-bond donors (Lipinski definition) is 3. The van der Waals surface area contributed by atoms with Gasteiger partial charge >= 0.3 is 5.97 Å². The van der Waals surface area contributed by atoms with Crippen LogP contribution in [0.15, 0.2) is 12.6 Å². The van der Waals surface area contributed by atoms with Gasteiger partial charge in [-0.15, -0.1) is 12.4 Å². The summed E-state index contributed by atoms with van der Waals surface area (Å²) in [6.07, 6.45) is -0.867. The quantitative estimate of drug-likeness (QED) is 0.746. The predicted octanol–water partition coefficient (Wildman–Crippen LogP) is 1.53. The summed E-state index contributed by atoms with van der Waals surface area (Å²) in [4.78, 5) is 22.3. The van der Waals surface area contributed by atoms with E-state index in [0.717, 1.165) is 0 Å². The largest absolute Gasteiger partial charge is 0.461 e. The first-order valence-corrected chi connectivity index (χ1v) is 5.02. The van der Waals surface area contributed by atoms with Crippen LogP contribution in [-0.2, 0) is 11.3 Å². The van der Waals surface area contributed by atoms with E-state index in [9.17, 15) is 4.79 Å². The zero-order valence-electron chi connectivity index (χ0n) is 20.3. The molecular formula is C12H19ClN4O3. The maximum atomic E-state index is 11.3. The monoisotopic (exact) mass is 312 g/mol. The first-order valence-electron chi connectivity index (χ1n) is 10.0. The second kappa shape index (κ2) is 9.11. The average Bonchev–Trinajstić information content (AvgIpc) is 3.10.